The molecule has 8 heteroatoms. The van der Waals surface area contributed by atoms with Crippen LogP contribution in [0.25, 0.3) is 0 Å². The van der Waals surface area contributed by atoms with Crippen LogP contribution in [0.15, 0.2) is 36.4 Å². The molecule has 0 aliphatic carbocycles. The number of anilines is 1. The number of imide groups is 1. The molecule has 0 spiro atoms. The third kappa shape index (κ3) is 3.95. The van der Waals surface area contributed by atoms with Gasteiger partial charge in [-0.3, -0.25) is 19.7 Å². The summed E-state index contributed by atoms with van der Waals surface area (Å²) >= 11 is 0. The van der Waals surface area contributed by atoms with Crippen LogP contribution in [0, 0.1) is 0 Å². The van der Waals surface area contributed by atoms with E-state index in [9.17, 15) is 14.4 Å². The van der Waals surface area contributed by atoms with Gasteiger partial charge in [0.2, 0.25) is 11.8 Å². The van der Waals surface area contributed by atoms with Crippen molar-refractivity contribution >= 4 is 23.4 Å². The van der Waals surface area contributed by atoms with E-state index in [1.54, 1.807) is 4.90 Å². The predicted octanol–water partition coefficient (Wildman–Crippen LogP) is 2.42. The first-order chi connectivity index (χ1) is 15.7. The van der Waals surface area contributed by atoms with Crippen molar-refractivity contribution in [2.24, 2.45) is 0 Å². The van der Waals surface area contributed by atoms with Crippen LogP contribution in [0.2, 0.25) is 0 Å². The number of nitrogens with two attached hydrogens (primary N) is 1. The fourth-order valence-corrected chi connectivity index (χ4v) is 5.13. The van der Waals surface area contributed by atoms with E-state index in [1.807, 2.05) is 36.4 Å². The Kier molecular flexibility index (Phi) is 5.12. The monoisotopic (exact) mass is 448 g/mol. The molecule has 3 aliphatic heterocycles. The molecular weight excluding hydrogens is 420 g/mol. The molecule has 4 N–H and O–H groups in total. The zero-order chi connectivity index (χ0) is 23.3. The zero-order valence-electron chi connectivity index (χ0n) is 18.8. The number of ether oxygens (including phenoxy) is 1. The van der Waals surface area contributed by atoms with E-state index >= 15 is 0 Å². The van der Waals surface area contributed by atoms with Gasteiger partial charge in [0, 0.05) is 48.8 Å². The zero-order valence-corrected chi connectivity index (χ0v) is 18.8. The summed E-state index contributed by atoms with van der Waals surface area (Å²) in [7, 11) is 0. The molecule has 1 saturated heterocycles. The lowest BCUT2D eigenvalue weighted by atomic mass is 9.89. The Morgan fingerprint density at radius 1 is 1.21 bits per heavy atom. The van der Waals surface area contributed by atoms with Crippen molar-refractivity contribution in [1.82, 2.24) is 15.5 Å². The number of nitrogen functional groups attached to an aromatic ring is 1. The SMILES string of the molecule is CC1(C)CC(NCc2cccc3c2C(=O)N(C2CCC(=O)NC2=O)C3)c2cc(N)ccc2O1. The smallest absolute Gasteiger partial charge is 0.255 e. The Hall–Kier alpha value is -3.39. The molecule has 5 rings (SSSR count). The van der Waals surface area contributed by atoms with Gasteiger partial charge in [-0.05, 0) is 49.6 Å². The van der Waals surface area contributed by atoms with E-state index in [1.165, 1.54) is 0 Å². The maximum absolute atomic E-state index is 13.3. The molecule has 0 bridgehead atoms. The Morgan fingerprint density at radius 2 is 2.03 bits per heavy atom. The molecule has 2 unspecified atom stereocenters. The highest BCUT2D eigenvalue weighted by molar-refractivity contribution is 6.06. The third-order valence-corrected chi connectivity index (χ3v) is 6.67. The lowest BCUT2D eigenvalue weighted by molar-refractivity contribution is -0.136. The van der Waals surface area contributed by atoms with Crippen LogP contribution >= 0.6 is 0 Å². The minimum absolute atomic E-state index is 0.0193. The van der Waals surface area contributed by atoms with Gasteiger partial charge in [0.15, 0.2) is 0 Å². The number of hydrogen-bond acceptors (Lipinski definition) is 6. The summed E-state index contributed by atoms with van der Waals surface area (Å²) in [5.41, 5.74) is 9.83. The summed E-state index contributed by atoms with van der Waals surface area (Å²) in [5.74, 6) is -0.0264. The van der Waals surface area contributed by atoms with Crippen molar-refractivity contribution in [1.29, 1.82) is 0 Å². The maximum Gasteiger partial charge on any atom is 0.255 e. The molecule has 3 heterocycles. The van der Waals surface area contributed by atoms with Crippen molar-refractivity contribution in [3.8, 4) is 5.75 Å². The van der Waals surface area contributed by atoms with Gasteiger partial charge in [-0.15, -0.1) is 0 Å². The highest BCUT2D eigenvalue weighted by Crippen LogP contribution is 2.40. The molecule has 3 aliphatic rings. The molecule has 8 nitrogen and oxygen atoms in total. The Bertz CT molecular complexity index is 1160. The number of fused-ring (bicyclic) bond motifs is 2. The normalized spacial score (nSPS) is 23.6. The minimum Gasteiger partial charge on any atom is -0.487 e. The summed E-state index contributed by atoms with van der Waals surface area (Å²) in [6, 6.07) is 10.9. The Balaban J connectivity index is 1.37. The van der Waals surface area contributed by atoms with Crippen molar-refractivity contribution < 1.29 is 19.1 Å². The van der Waals surface area contributed by atoms with E-state index in [0.29, 0.717) is 30.8 Å². The molecule has 1 fully saturated rings. The number of carbonyl (C=O) groups excluding carboxylic acids is 3. The van der Waals surface area contributed by atoms with Crippen LogP contribution in [0.1, 0.15) is 66.2 Å². The van der Waals surface area contributed by atoms with Crippen LogP contribution < -0.4 is 21.1 Å². The number of hydrogen-bond donors (Lipinski definition) is 3. The number of nitrogens with one attached hydrogen (secondary N) is 2. The van der Waals surface area contributed by atoms with E-state index in [-0.39, 0.29) is 29.9 Å². The maximum atomic E-state index is 13.3. The second-order valence-electron chi connectivity index (χ2n) is 9.65. The summed E-state index contributed by atoms with van der Waals surface area (Å²) in [4.78, 5) is 38.8. The lowest BCUT2D eigenvalue weighted by Crippen LogP contribution is -2.52. The van der Waals surface area contributed by atoms with Gasteiger partial charge in [-0.2, -0.15) is 0 Å². The van der Waals surface area contributed by atoms with Gasteiger partial charge >= 0.3 is 0 Å². The van der Waals surface area contributed by atoms with Crippen molar-refractivity contribution in [3.05, 3.63) is 58.7 Å². The van der Waals surface area contributed by atoms with E-state index < -0.39 is 11.9 Å². The first kappa shape index (κ1) is 21.5. The second-order valence-corrected chi connectivity index (χ2v) is 9.65. The van der Waals surface area contributed by atoms with Crippen LogP contribution in [0.5, 0.6) is 5.75 Å². The molecule has 3 amide bonds. The van der Waals surface area contributed by atoms with Gasteiger partial charge in [0.1, 0.15) is 17.4 Å². The number of piperidine rings is 1. The molecular formula is C25H28N4O4. The van der Waals surface area contributed by atoms with Crippen molar-refractivity contribution in [3.63, 3.8) is 0 Å². The molecule has 2 aromatic rings. The molecule has 0 radical (unpaired) electrons. The van der Waals surface area contributed by atoms with Crippen LogP contribution in [0.4, 0.5) is 5.69 Å². The number of benzene rings is 2. The highest BCUT2D eigenvalue weighted by atomic mass is 16.5. The summed E-state index contributed by atoms with van der Waals surface area (Å²) in [5, 5.41) is 5.96. The van der Waals surface area contributed by atoms with Gasteiger partial charge in [0.25, 0.3) is 5.91 Å². The van der Waals surface area contributed by atoms with Gasteiger partial charge in [-0.25, -0.2) is 0 Å². The number of rotatable bonds is 4. The molecule has 0 aromatic heterocycles. The quantitative estimate of drug-likeness (QED) is 0.489. The lowest BCUT2D eigenvalue weighted by Gasteiger charge is -2.38. The van der Waals surface area contributed by atoms with Crippen molar-refractivity contribution in [2.75, 3.05) is 5.73 Å². The number of amides is 3. The van der Waals surface area contributed by atoms with Gasteiger partial charge in [-0.1, -0.05) is 18.2 Å². The molecule has 0 saturated carbocycles. The average Bonchev–Trinajstić information content (AvgIpc) is 3.09. The Morgan fingerprint density at radius 3 is 2.82 bits per heavy atom. The predicted molar refractivity (Wildman–Crippen MR) is 122 cm³/mol. The average molecular weight is 449 g/mol. The molecule has 2 aromatic carbocycles. The van der Waals surface area contributed by atoms with Crippen molar-refractivity contribution in [2.45, 2.75) is 63.9 Å². The molecule has 2 atom stereocenters. The van der Waals surface area contributed by atoms with Crippen LogP contribution in [0.3, 0.4) is 0 Å². The summed E-state index contributed by atoms with van der Waals surface area (Å²) in [6.07, 6.45) is 1.36. The Labute approximate surface area is 192 Å². The number of carbonyl (C=O) groups is 3. The second kappa shape index (κ2) is 7.88. The van der Waals surface area contributed by atoms with Gasteiger partial charge in [0.05, 0.1) is 0 Å². The summed E-state index contributed by atoms with van der Waals surface area (Å²) in [6.45, 7) is 4.98. The number of nitrogens with zero attached hydrogens (tertiary/aromatic N) is 1. The van der Waals surface area contributed by atoms with Crippen LogP contribution in [-0.4, -0.2) is 34.3 Å². The largest absolute Gasteiger partial charge is 0.487 e. The van der Waals surface area contributed by atoms with E-state index in [2.05, 4.69) is 24.5 Å². The van der Waals surface area contributed by atoms with E-state index in [0.717, 1.165) is 28.9 Å². The summed E-state index contributed by atoms with van der Waals surface area (Å²) < 4.78 is 6.13. The highest BCUT2D eigenvalue weighted by Gasteiger charge is 2.40. The minimum atomic E-state index is -0.616. The first-order valence-electron chi connectivity index (χ1n) is 11.3. The standard InChI is InChI=1S/C25H28N4O4/c1-25(2)11-18(17-10-16(26)6-8-20(17)33-25)27-12-14-4-3-5-15-13-29(24(32)22(14)15)19-7-9-21(30)28-23(19)31/h3-6,8,10,18-19,27H,7,9,11-13,26H2,1-2H3,(H,28,30,31). The van der Waals surface area contributed by atoms with E-state index in [4.69, 9.17) is 10.5 Å². The van der Waals surface area contributed by atoms with Gasteiger partial charge < -0.3 is 20.7 Å². The van der Waals surface area contributed by atoms with Crippen LogP contribution in [-0.2, 0) is 22.7 Å². The molecule has 172 valence electrons. The third-order valence-electron chi connectivity index (χ3n) is 6.67. The fourth-order valence-electron chi connectivity index (χ4n) is 5.13. The molecule has 33 heavy (non-hydrogen) atoms. The topological polar surface area (TPSA) is 114 Å². The first-order valence-corrected chi connectivity index (χ1v) is 11.3. The fraction of sp³-hybridized carbons (Fsp3) is 0.400.